The van der Waals surface area contributed by atoms with Gasteiger partial charge in [-0.2, -0.15) is 0 Å². The number of ether oxygens (including phenoxy) is 2. The molecule has 0 aromatic heterocycles. The summed E-state index contributed by atoms with van der Waals surface area (Å²) in [6.45, 7) is 5.68. The van der Waals surface area contributed by atoms with Crippen LogP contribution in [0.2, 0.25) is 0 Å². The van der Waals surface area contributed by atoms with Gasteiger partial charge in [-0.1, -0.05) is 25.1 Å². The Morgan fingerprint density at radius 2 is 1.91 bits per heavy atom. The summed E-state index contributed by atoms with van der Waals surface area (Å²) in [7, 11) is 1.61. The van der Waals surface area contributed by atoms with Gasteiger partial charge in [-0.25, -0.2) is 8.78 Å². The van der Waals surface area contributed by atoms with Crippen molar-refractivity contribution < 1.29 is 28.2 Å². The van der Waals surface area contributed by atoms with Crippen LogP contribution in [0.15, 0.2) is 47.6 Å². The molecular formula is C25H32F2N2O4. The van der Waals surface area contributed by atoms with Gasteiger partial charge in [0.25, 0.3) is 0 Å². The Kier molecular flexibility index (Phi) is 9.17. The predicted molar refractivity (Wildman–Crippen MR) is 122 cm³/mol. The van der Waals surface area contributed by atoms with Crippen molar-refractivity contribution in [3.8, 4) is 5.75 Å². The van der Waals surface area contributed by atoms with E-state index in [1.165, 1.54) is 12.1 Å². The first-order valence-corrected chi connectivity index (χ1v) is 11.1. The van der Waals surface area contributed by atoms with Crippen LogP contribution in [0.25, 0.3) is 0 Å². The summed E-state index contributed by atoms with van der Waals surface area (Å²) < 4.78 is 38.3. The molecule has 2 aromatic carbocycles. The van der Waals surface area contributed by atoms with Crippen LogP contribution in [-0.4, -0.2) is 61.3 Å². The van der Waals surface area contributed by atoms with Crippen LogP contribution in [0.4, 0.5) is 8.78 Å². The number of oxime groups is 1. The minimum absolute atomic E-state index is 0.180. The molecule has 1 aliphatic rings. The van der Waals surface area contributed by atoms with Gasteiger partial charge < -0.3 is 19.4 Å². The van der Waals surface area contributed by atoms with E-state index in [-0.39, 0.29) is 25.8 Å². The van der Waals surface area contributed by atoms with Gasteiger partial charge >= 0.3 is 0 Å². The van der Waals surface area contributed by atoms with E-state index in [0.29, 0.717) is 31.1 Å². The van der Waals surface area contributed by atoms with E-state index in [4.69, 9.17) is 14.3 Å². The van der Waals surface area contributed by atoms with Crippen LogP contribution >= 0.6 is 0 Å². The number of hydrogen-bond donors (Lipinski definition) is 1. The maximum atomic E-state index is 14.3. The van der Waals surface area contributed by atoms with Gasteiger partial charge in [0, 0.05) is 44.3 Å². The number of nitrogens with zero attached hydrogens (tertiary/aromatic N) is 2. The molecule has 0 fully saturated rings. The molecule has 1 heterocycles. The van der Waals surface area contributed by atoms with Gasteiger partial charge in [0.15, 0.2) is 0 Å². The zero-order chi connectivity index (χ0) is 23.8. The number of aliphatic hydroxyl groups is 1. The smallest absolute Gasteiger partial charge is 0.145 e. The lowest BCUT2D eigenvalue weighted by Gasteiger charge is -2.27. The van der Waals surface area contributed by atoms with E-state index >= 15 is 0 Å². The molecule has 6 nitrogen and oxygen atoms in total. The summed E-state index contributed by atoms with van der Waals surface area (Å²) in [5.41, 5.74) is 2.11. The lowest BCUT2D eigenvalue weighted by molar-refractivity contribution is -0.00756. The maximum Gasteiger partial charge on any atom is 0.145 e. The number of methoxy groups -OCH3 is 1. The van der Waals surface area contributed by atoms with Crippen LogP contribution in [0.3, 0.4) is 0 Å². The first-order chi connectivity index (χ1) is 15.8. The van der Waals surface area contributed by atoms with Crippen LogP contribution in [0.1, 0.15) is 31.4 Å². The van der Waals surface area contributed by atoms with E-state index in [9.17, 15) is 13.9 Å². The maximum absolute atomic E-state index is 14.3. The Morgan fingerprint density at radius 1 is 1.15 bits per heavy atom. The standard InChI is InChI=1S/C25H32F2N2O4/c1-17(2)15-32-16-21(30)13-29(12-19-4-7-20(26)10-24(19)27)14-23-11-25(28-33-23)18-5-8-22(31-3)9-6-18/h4-10,17,21,23,30H,11-16H2,1-3H3. The summed E-state index contributed by atoms with van der Waals surface area (Å²) >= 11 is 0. The summed E-state index contributed by atoms with van der Waals surface area (Å²) in [5.74, 6) is -0.118. The highest BCUT2D eigenvalue weighted by molar-refractivity contribution is 6.01. The monoisotopic (exact) mass is 462 g/mol. The first-order valence-electron chi connectivity index (χ1n) is 11.1. The molecule has 0 bridgehead atoms. The highest BCUT2D eigenvalue weighted by Crippen LogP contribution is 2.21. The van der Waals surface area contributed by atoms with Gasteiger partial charge in [0.2, 0.25) is 0 Å². The summed E-state index contributed by atoms with van der Waals surface area (Å²) in [6.07, 6.45) is -0.431. The van der Waals surface area contributed by atoms with Crippen LogP contribution in [-0.2, 0) is 16.1 Å². The van der Waals surface area contributed by atoms with Gasteiger partial charge in [-0.05, 0) is 41.8 Å². The van der Waals surface area contributed by atoms with Crippen LogP contribution in [0.5, 0.6) is 5.75 Å². The van der Waals surface area contributed by atoms with Crippen molar-refractivity contribution in [2.24, 2.45) is 11.1 Å². The van der Waals surface area contributed by atoms with Gasteiger partial charge in [-0.15, -0.1) is 0 Å². The van der Waals surface area contributed by atoms with Crippen molar-refractivity contribution in [1.82, 2.24) is 4.90 Å². The summed E-state index contributed by atoms with van der Waals surface area (Å²) in [6, 6.07) is 11.1. The topological polar surface area (TPSA) is 63.5 Å². The molecule has 180 valence electrons. The van der Waals surface area contributed by atoms with Crippen molar-refractivity contribution in [1.29, 1.82) is 0 Å². The Labute approximate surface area is 193 Å². The molecule has 0 saturated carbocycles. The number of hydrogen-bond acceptors (Lipinski definition) is 6. The van der Waals surface area contributed by atoms with Gasteiger partial charge in [0.1, 0.15) is 23.5 Å². The number of aliphatic hydroxyl groups excluding tert-OH is 1. The van der Waals surface area contributed by atoms with Crippen molar-refractivity contribution in [2.75, 3.05) is 33.4 Å². The molecule has 0 saturated heterocycles. The Bertz CT molecular complexity index is 921. The van der Waals surface area contributed by atoms with Crippen LogP contribution in [0, 0.1) is 17.6 Å². The summed E-state index contributed by atoms with van der Waals surface area (Å²) in [5, 5.41) is 14.7. The van der Waals surface area contributed by atoms with Gasteiger partial charge in [-0.3, -0.25) is 4.90 Å². The molecule has 2 atom stereocenters. The van der Waals surface area contributed by atoms with E-state index in [2.05, 4.69) is 5.16 Å². The normalized spacial score (nSPS) is 16.7. The third kappa shape index (κ3) is 7.77. The molecule has 1 N–H and O–H groups in total. The Morgan fingerprint density at radius 3 is 2.58 bits per heavy atom. The fraction of sp³-hybridized carbons (Fsp3) is 0.480. The fourth-order valence-electron chi connectivity index (χ4n) is 3.65. The average Bonchev–Trinajstić information content (AvgIpc) is 3.24. The van der Waals surface area contributed by atoms with Crippen LogP contribution < -0.4 is 4.74 Å². The lowest BCUT2D eigenvalue weighted by Crippen LogP contribution is -2.39. The lowest BCUT2D eigenvalue weighted by atomic mass is 10.0. The van der Waals surface area contributed by atoms with E-state index in [0.717, 1.165) is 23.1 Å². The molecule has 3 rings (SSSR count). The average molecular weight is 463 g/mol. The Hall–Kier alpha value is -2.55. The minimum atomic E-state index is -0.754. The molecule has 0 radical (unpaired) electrons. The Balaban J connectivity index is 1.63. The molecule has 0 amide bonds. The second kappa shape index (κ2) is 12.1. The predicted octanol–water partition coefficient (Wildman–Crippen LogP) is 4.00. The van der Waals surface area contributed by atoms with Crippen molar-refractivity contribution >= 4 is 5.71 Å². The van der Waals surface area contributed by atoms with Crippen molar-refractivity contribution in [3.63, 3.8) is 0 Å². The molecular weight excluding hydrogens is 430 g/mol. The fourth-order valence-corrected chi connectivity index (χ4v) is 3.65. The molecule has 33 heavy (non-hydrogen) atoms. The molecule has 2 aromatic rings. The third-order valence-corrected chi connectivity index (χ3v) is 5.26. The molecule has 0 aliphatic carbocycles. The van der Waals surface area contributed by atoms with E-state index in [1.54, 1.807) is 7.11 Å². The highest BCUT2D eigenvalue weighted by atomic mass is 19.1. The zero-order valence-electron chi connectivity index (χ0n) is 19.3. The van der Waals surface area contributed by atoms with Gasteiger partial charge in [0.05, 0.1) is 25.5 Å². The number of benzene rings is 2. The third-order valence-electron chi connectivity index (χ3n) is 5.26. The SMILES string of the molecule is COc1ccc(C2=NOC(CN(Cc3ccc(F)cc3F)CC(O)COCC(C)C)C2)cc1. The second-order valence-corrected chi connectivity index (χ2v) is 8.71. The molecule has 1 aliphatic heterocycles. The van der Waals surface area contributed by atoms with Crippen molar-refractivity contribution in [2.45, 2.75) is 39.0 Å². The number of halogens is 2. The molecule has 2 unspecified atom stereocenters. The molecule has 8 heteroatoms. The first kappa shape index (κ1) is 25.1. The number of rotatable bonds is 12. The summed E-state index contributed by atoms with van der Waals surface area (Å²) in [4.78, 5) is 7.52. The highest BCUT2D eigenvalue weighted by Gasteiger charge is 2.26. The van der Waals surface area contributed by atoms with E-state index in [1.807, 2.05) is 43.0 Å². The minimum Gasteiger partial charge on any atom is -0.497 e. The largest absolute Gasteiger partial charge is 0.497 e. The molecule has 0 spiro atoms. The van der Waals surface area contributed by atoms with E-state index < -0.39 is 17.7 Å². The second-order valence-electron chi connectivity index (χ2n) is 8.71. The zero-order valence-corrected chi connectivity index (χ0v) is 19.3. The quantitative estimate of drug-likeness (QED) is 0.517. The van der Waals surface area contributed by atoms with Crippen molar-refractivity contribution in [3.05, 3.63) is 65.2 Å².